The fourth-order valence-corrected chi connectivity index (χ4v) is 1.79. The van der Waals surface area contributed by atoms with Gasteiger partial charge in [-0.3, -0.25) is 0 Å². The summed E-state index contributed by atoms with van der Waals surface area (Å²) in [5.74, 6) is 0.235. The molecule has 0 bridgehead atoms. The van der Waals surface area contributed by atoms with Crippen molar-refractivity contribution in [1.29, 1.82) is 0 Å². The second kappa shape index (κ2) is 5.55. The molecule has 0 aromatic heterocycles. The van der Waals surface area contributed by atoms with Crippen molar-refractivity contribution in [2.75, 3.05) is 6.26 Å². The quantitative estimate of drug-likeness (QED) is 0.468. The fraction of sp³-hybridized carbons (Fsp3) is 0.0714. The van der Waals surface area contributed by atoms with Gasteiger partial charge in [-0.2, -0.15) is 0 Å². The van der Waals surface area contributed by atoms with E-state index >= 15 is 0 Å². The molecule has 0 saturated carbocycles. The third kappa shape index (κ3) is 3.11. The van der Waals surface area contributed by atoms with Crippen LogP contribution >= 0.6 is 11.8 Å². The first-order valence-corrected chi connectivity index (χ1v) is 6.43. The van der Waals surface area contributed by atoms with Gasteiger partial charge in [0, 0.05) is 4.90 Å². The Morgan fingerprint density at radius 1 is 1.00 bits per heavy atom. The van der Waals surface area contributed by atoms with E-state index in [1.807, 2.05) is 36.6 Å². The second-order valence-electron chi connectivity index (χ2n) is 3.43. The van der Waals surface area contributed by atoms with Crippen molar-refractivity contribution in [1.82, 2.24) is 0 Å². The van der Waals surface area contributed by atoms with Gasteiger partial charge in [0.05, 0.1) is 5.56 Å². The van der Waals surface area contributed by atoms with Crippen LogP contribution in [-0.2, 0) is 0 Å². The van der Waals surface area contributed by atoms with Crippen molar-refractivity contribution in [3.63, 3.8) is 0 Å². The number of hydrogen-bond acceptors (Lipinski definition) is 3. The molecule has 0 aliphatic carbocycles. The summed E-state index contributed by atoms with van der Waals surface area (Å²) >= 11 is 1.65. The minimum atomic E-state index is -0.331. The van der Waals surface area contributed by atoms with E-state index in [0.29, 0.717) is 11.3 Å². The van der Waals surface area contributed by atoms with E-state index in [1.165, 1.54) is 0 Å². The second-order valence-corrected chi connectivity index (χ2v) is 4.31. The Morgan fingerprint density at radius 3 is 2.24 bits per heavy atom. The molecule has 2 aromatic rings. The number of carbonyl (C=O) groups is 1. The van der Waals surface area contributed by atoms with Gasteiger partial charge in [-0.15, -0.1) is 11.8 Å². The van der Waals surface area contributed by atoms with E-state index in [-0.39, 0.29) is 5.97 Å². The highest BCUT2D eigenvalue weighted by molar-refractivity contribution is 7.98. The Bertz CT molecular complexity index is 491. The van der Waals surface area contributed by atoms with Crippen molar-refractivity contribution in [2.24, 2.45) is 0 Å². The lowest BCUT2D eigenvalue weighted by Gasteiger charge is -2.04. The predicted molar refractivity (Wildman–Crippen MR) is 69.6 cm³/mol. The molecule has 0 aliphatic rings. The molecule has 0 heterocycles. The molecule has 86 valence electrons. The number of hydrogen-bond donors (Lipinski definition) is 0. The van der Waals surface area contributed by atoms with Crippen LogP contribution in [-0.4, -0.2) is 12.2 Å². The number of benzene rings is 2. The molecule has 0 spiro atoms. The highest BCUT2D eigenvalue weighted by Gasteiger charge is 2.07. The summed E-state index contributed by atoms with van der Waals surface area (Å²) in [7, 11) is 0. The molecule has 2 aromatic carbocycles. The molecule has 3 heteroatoms. The number of thioether (sulfide) groups is 1. The van der Waals surface area contributed by atoms with Crippen molar-refractivity contribution in [3.05, 3.63) is 60.2 Å². The van der Waals surface area contributed by atoms with Gasteiger partial charge in [-0.1, -0.05) is 18.2 Å². The van der Waals surface area contributed by atoms with Crippen LogP contribution in [0.2, 0.25) is 0 Å². The highest BCUT2D eigenvalue weighted by Crippen LogP contribution is 2.19. The Labute approximate surface area is 105 Å². The zero-order valence-electron chi connectivity index (χ0n) is 9.42. The maximum absolute atomic E-state index is 11.7. The van der Waals surface area contributed by atoms with Crippen LogP contribution < -0.4 is 4.74 Å². The van der Waals surface area contributed by atoms with Crippen molar-refractivity contribution < 1.29 is 9.53 Å². The summed E-state index contributed by atoms with van der Waals surface area (Å²) in [6, 6.07) is 16.4. The molecule has 0 saturated heterocycles. The third-order valence-electron chi connectivity index (χ3n) is 2.28. The minimum absolute atomic E-state index is 0.331. The summed E-state index contributed by atoms with van der Waals surface area (Å²) in [4.78, 5) is 12.9. The van der Waals surface area contributed by atoms with Crippen LogP contribution in [0.4, 0.5) is 0 Å². The van der Waals surface area contributed by atoms with Gasteiger partial charge in [-0.25, -0.2) is 4.79 Å². The molecule has 2 rings (SSSR count). The predicted octanol–water partition coefficient (Wildman–Crippen LogP) is 3.63. The smallest absolute Gasteiger partial charge is 0.343 e. The Hall–Kier alpha value is -1.74. The van der Waals surface area contributed by atoms with Gasteiger partial charge < -0.3 is 4.74 Å². The lowest BCUT2D eigenvalue weighted by atomic mass is 10.2. The van der Waals surface area contributed by atoms with E-state index in [0.717, 1.165) is 4.90 Å². The number of rotatable bonds is 3. The van der Waals surface area contributed by atoms with Gasteiger partial charge in [0.25, 0.3) is 0 Å². The molecule has 0 atom stereocenters. The van der Waals surface area contributed by atoms with E-state index in [2.05, 4.69) is 0 Å². The molecule has 0 radical (unpaired) electrons. The average molecular weight is 244 g/mol. The van der Waals surface area contributed by atoms with Crippen LogP contribution in [0.5, 0.6) is 5.75 Å². The van der Waals surface area contributed by atoms with E-state index in [9.17, 15) is 4.79 Å². The van der Waals surface area contributed by atoms with E-state index < -0.39 is 0 Å². The topological polar surface area (TPSA) is 26.3 Å². The maximum Gasteiger partial charge on any atom is 0.343 e. The molecule has 0 amide bonds. The first-order valence-electron chi connectivity index (χ1n) is 5.21. The first-order chi connectivity index (χ1) is 8.29. The molecule has 0 aliphatic heterocycles. The summed E-state index contributed by atoms with van der Waals surface area (Å²) in [6.45, 7) is 0. The Balaban J connectivity index is 2.08. The lowest BCUT2D eigenvalue weighted by Crippen LogP contribution is -2.07. The van der Waals surface area contributed by atoms with Crippen molar-refractivity contribution in [2.45, 2.75) is 4.90 Å². The van der Waals surface area contributed by atoms with Crippen LogP contribution in [0, 0.1) is 0 Å². The zero-order chi connectivity index (χ0) is 12.1. The van der Waals surface area contributed by atoms with Crippen LogP contribution in [0.3, 0.4) is 0 Å². The van der Waals surface area contributed by atoms with Crippen LogP contribution in [0.15, 0.2) is 59.5 Å². The molecular formula is C14H12O2S. The molecule has 0 unspecified atom stereocenters. The van der Waals surface area contributed by atoms with Gasteiger partial charge in [0.2, 0.25) is 0 Å². The zero-order valence-corrected chi connectivity index (χ0v) is 10.2. The molecular weight excluding hydrogens is 232 g/mol. The Kier molecular flexibility index (Phi) is 3.83. The minimum Gasteiger partial charge on any atom is -0.423 e. The number of esters is 1. The summed E-state index contributed by atoms with van der Waals surface area (Å²) in [5, 5.41) is 0. The maximum atomic E-state index is 11.7. The summed E-state index contributed by atoms with van der Waals surface area (Å²) in [5.41, 5.74) is 0.557. The SMILES string of the molecule is CSc1ccc(OC(=O)c2ccccc2)cc1. The van der Waals surface area contributed by atoms with Crippen molar-refractivity contribution in [3.8, 4) is 5.75 Å². The number of carbonyl (C=O) groups excluding carboxylic acids is 1. The van der Waals surface area contributed by atoms with Crippen LogP contribution in [0.25, 0.3) is 0 Å². The van der Waals surface area contributed by atoms with Gasteiger partial charge in [0.15, 0.2) is 0 Å². The molecule has 0 fully saturated rings. The Morgan fingerprint density at radius 2 is 1.65 bits per heavy atom. The first kappa shape index (κ1) is 11.7. The monoisotopic (exact) mass is 244 g/mol. The fourth-order valence-electron chi connectivity index (χ4n) is 1.38. The standard InChI is InChI=1S/C14H12O2S/c1-17-13-9-7-12(8-10-13)16-14(15)11-5-3-2-4-6-11/h2-10H,1H3. The molecule has 0 N–H and O–H groups in total. The molecule has 17 heavy (non-hydrogen) atoms. The van der Waals surface area contributed by atoms with Crippen LogP contribution in [0.1, 0.15) is 10.4 Å². The summed E-state index contributed by atoms with van der Waals surface area (Å²) < 4.78 is 5.25. The average Bonchev–Trinajstić information content (AvgIpc) is 2.40. The highest BCUT2D eigenvalue weighted by atomic mass is 32.2. The summed E-state index contributed by atoms with van der Waals surface area (Å²) in [6.07, 6.45) is 2.00. The van der Waals surface area contributed by atoms with Gasteiger partial charge in [-0.05, 0) is 42.7 Å². The van der Waals surface area contributed by atoms with Gasteiger partial charge >= 0.3 is 5.97 Å². The molecule has 2 nitrogen and oxygen atoms in total. The van der Waals surface area contributed by atoms with E-state index in [1.54, 1.807) is 36.0 Å². The van der Waals surface area contributed by atoms with Gasteiger partial charge in [0.1, 0.15) is 5.75 Å². The normalized spacial score (nSPS) is 9.94. The largest absolute Gasteiger partial charge is 0.423 e. The van der Waals surface area contributed by atoms with E-state index in [4.69, 9.17) is 4.74 Å². The lowest BCUT2D eigenvalue weighted by molar-refractivity contribution is 0.0734. The number of ether oxygens (including phenoxy) is 1. The third-order valence-corrected chi connectivity index (χ3v) is 3.02. The van der Waals surface area contributed by atoms with Crippen molar-refractivity contribution >= 4 is 17.7 Å².